The first-order valence-corrected chi connectivity index (χ1v) is 9.38. The molecule has 1 N–H and O–H groups in total. The normalized spacial score (nSPS) is 14.6. The van der Waals surface area contributed by atoms with Crippen molar-refractivity contribution in [1.82, 2.24) is 19.7 Å². The van der Waals surface area contributed by atoms with Gasteiger partial charge < -0.3 is 10.0 Å². The fourth-order valence-corrected chi connectivity index (χ4v) is 3.37. The fourth-order valence-electron chi connectivity index (χ4n) is 3.37. The number of carbonyl (C=O) groups excluding carboxylic acids is 1. The molecule has 0 saturated carbocycles. The molecular weight excluding hydrogens is 435 g/mol. The van der Waals surface area contributed by atoms with Crippen molar-refractivity contribution in [3.63, 3.8) is 0 Å². The minimum absolute atomic E-state index is 0.267. The van der Waals surface area contributed by atoms with E-state index in [2.05, 4.69) is 10.1 Å². The molecule has 0 fully saturated rings. The van der Waals surface area contributed by atoms with Gasteiger partial charge in [0, 0.05) is 24.2 Å². The van der Waals surface area contributed by atoms with E-state index < -0.39 is 40.9 Å². The second-order valence-corrected chi connectivity index (χ2v) is 7.31. The summed E-state index contributed by atoms with van der Waals surface area (Å²) in [5.74, 6) is -2.75. The van der Waals surface area contributed by atoms with Crippen molar-refractivity contribution in [1.29, 1.82) is 0 Å². The van der Waals surface area contributed by atoms with Crippen LogP contribution in [0.5, 0.6) is 0 Å². The molecule has 0 radical (unpaired) electrons. The first kappa shape index (κ1) is 23.3. The number of amides is 1. The molecule has 0 spiro atoms. The summed E-state index contributed by atoms with van der Waals surface area (Å²) in [7, 11) is 1.26. The topological polar surface area (TPSA) is 71.2 Å². The van der Waals surface area contributed by atoms with E-state index >= 15 is 0 Å². The molecule has 1 amide bonds. The van der Waals surface area contributed by atoms with Gasteiger partial charge in [0.1, 0.15) is 29.9 Å². The predicted octanol–water partition coefficient (Wildman–Crippen LogP) is 3.62. The van der Waals surface area contributed by atoms with Crippen LogP contribution in [0.15, 0.2) is 55.1 Å². The van der Waals surface area contributed by atoms with Crippen LogP contribution >= 0.6 is 0 Å². The van der Waals surface area contributed by atoms with E-state index in [1.807, 2.05) is 0 Å². The standard InChI is InChI=1S/C21H19F5N4O2/c1-13(29(2)19(31)14-4-3-5-15(8-14)21(24,25)26)20(32,10-30-12-27-11-28-30)17-7-6-16(22)9-18(17)23/h3-9,11-13,32H,10H2,1-2H3/t13-,20-/m1/s1. The number of carbonyl (C=O) groups is 1. The van der Waals surface area contributed by atoms with E-state index in [9.17, 15) is 31.9 Å². The van der Waals surface area contributed by atoms with Crippen molar-refractivity contribution in [2.24, 2.45) is 0 Å². The Bertz CT molecular complexity index is 1100. The molecule has 32 heavy (non-hydrogen) atoms. The van der Waals surface area contributed by atoms with Gasteiger partial charge in [0.15, 0.2) is 0 Å². The Kier molecular flexibility index (Phi) is 6.31. The molecule has 0 aliphatic rings. The zero-order chi connectivity index (χ0) is 23.7. The van der Waals surface area contributed by atoms with E-state index in [0.29, 0.717) is 12.1 Å². The molecule has 0 saturated heterocycles. The van der Waals surface area contributed by atoms with Crippen LogP contribution in [0.2, 0.25) is 0 Å². The first-order valence-electron chi connectivity index (χ1n) is 9.38. The summed E-state index contributed by atoms with van der Waals surface area (Å²) in [5.41, 5.74) is -3.72. The maximum absolute atomic E-state index is 14.6. The lowest BCUT2D eigenvalue weighted by Crippen LogP contribution is -2.52. The largest absolute Gasteiger partial charge is 0.416 e. The van der Waals surface area contributed by atoms with Crippen molar-refractivity contribution in [3.8, 4) is 0 Å². The van der Waals surface area contributed by atoms with Crippen LogP contribution in [0.25, 0.3) is 0 Å². The molecule has 3 aromatic rings. The highest BCUT2D eigenvalue weighted by Crippen LogP contribution is 2.34. The second-order valence-electron chi connectivity index (χ2n) is 7.31. The minimum Gasteiger partial charge on any atom is -0.381 e. The summed E-state index contributed by atoms with van der Waals surface area (Å²) in [6, 6.07) is 5.23. The quantitative estimate of drug-likeness (QED) is 0.578. The molecule has 2 atom stereocenters. The smallest absolute Gasteiger partial charge is 0.381 e. The number of aromatic nitrogens is 3. The molecule has 0 aliphatic carbocycles. The molecule has 0 unspecified atom stereocenters. The van der Waals surface area contributed by atoms with Crippen molar-refractivity contribution >= 4 is 5.91 Å². The van der Waals surface area contributed by atoms with Gasteiger partial charge in [0.25, 0.3) is 5.91 Å². The van der Waals surface area contributed by atoms with Crippen LogP contribution in [0.1, 0.15) is 28.4 Å². The van der Waals surface area contributed by atoms with Crippen molar-refractivity contribution in [2.45, 2.75) is 31.3 Å². The van der Waals surface area contributed by atoms with E-state index in [0.717, 1.165) is 29.2 Å². The number of hydrogen-bond acceptors (Lipinski definition) is 4. The molecule has 2 aromatic carbocycles. The van der Waals surface area contributed by atoms with Gasteiger partial charge in [0.05, 0.1) is 18.2 Å². The molecule has 11 heteroatoms. The van der Waals surface area contributed by atoms with Gasteiger partial charge in [0.2, 0.25) is 0 Å². The highest BCUT2D eigenvalue weighted by molar-refractivity contribution is 5.94. The molecule has 6 nitrogen and oxygen atoms in total. The fraction of sp³-hybridized carbons (Fsp3) is 0.286. The number of hydrogen-bond donors (Lipinski definition) is 1. The maximum Gasteiger partial charge on any atom is 0.416 e. The summed E-state index contributed by atoms with van der Waals surface area (Å²) in [5, 5.41) is 15.4. The van der Waals surface area contributed by atoms with E-state index in [4.69, 9.17) is 0 Å². The Hall–Kier alpha value is -3.34. The Morgan fingerprint density at radius 2 is 1.91 bits per heavy atom. The number of halogens is 5. The second kappa shape index (κ2) is 8.65. The van der Waals surface area contributed by atoms with Crippen LogP contribution in [0, 0.1) is 11.6 Å². The number of benzene rings is 2. The summed E-state index contributed by atoms with van der Waals surface area (Å²) in [4.78, 5) is 17.7. The van der Waals surface area contributed by atoms with Crippen molar-refractivity contribution in [2.75, 3.05) is 7.05 Å². The van der Waals surface area contributed by atoms with Crippen LogP contribution in [0.4, 0.5) is 22.0 Å². The van der Waals surface area contributed by atoms with Gasteiger partial charge in [-0.1, -0.05) is 12.1 Å². The SMILES string of the molecule is C[C@@H](N(C)C(=O)c1cccc(C(F)(F)F)c1)[C@](O)(Cn1cncn1)c1ccc(F)cc1F. The lowest BCUT2D eigenvalue weighted by atomic mass is 9.85. The average Bonchev–Trinajstić information content (AvgIpc) is 3.24. The lowest BCUT2D eigenvalue weighted by molar-refractivity contribution is -0.137. The van der Waals surface area contributed by atoms with Crippen molar-refractivity contribution in [3.05, 3.63) is 83.4 Å². The molecule has 0 bridgehead atoms. The molecule has 1 aromatic heterocycles. The average molecular weight is 454 g/mol. The summed E-state index contributed by atoms with van der Waals surface area (Å²) < 4.78 is 68.4. The number of likely N-dealkylation sites (N-methyl/N-ethyl adjacent to an activating group) is 1. The predicted molar refractivity (Wildman–Crippen MR) is 103 cm³/mol. The third-order valence-corrected chi connectivity index (χ3v) is 5.30. The Balaban J connectivity index is 2.00. The number of aliphatic hydroxyl groups is 1. The van der Waals surface area contributed by atoms with Crippen LogP contribution in [-0.4, -0.2) is 43.8 Å². The number of alkyl halides is 3. The Labute approximate surface area is 179 Å². The maximum atomic E-state index is 14.6. The van der Waals surface area contributed by atoms with E-state index in [-0.39, 0.29) is 17.7 Å². The van der Waals surface area contributed by atoms with Gasteiger partial charge in [-0.05, 0) is 31.2 Å². The van der Waals surface area contributed by atoms with Crippen molar-refractivity contribution < 1.29 is 31.9 Å². The zero-order valence-electron chi connectivity index (χ0n) is 17.0. The Morgan fingerprint density at radius 3 is 2.50 bits per heavy atom. The third kappa shape index (κ3) is 4.62. The summed E-state index contributed by atoms with van der Waals surface area (Å²) >= 11 is 0. The van der Waals surface area contributed by atoms with Gasteiger partial charge in [-0.15, -0.1) is 0 Å². The van der Waals surface area contributed by atoms with Gasteiger partial charge >= 0.3 is 6.18 Å². The van der Waals surface area contributed by atoms with E-state index in [1.165, 1.54) is 37.4 Å². The minimum atomic E-state index is -4.65. The molecule has 1 heterocycles. The van der Waals surface area contributed by atoms with Crippen LogP contribution in [0.3, 0.4) is 0 Å². The summed E-state index contributed by atoms with van der Waals surface area (Å²) in [6.45, 7) is 1.03. The molecule has 0 aliphatic heterocycles. The van der Waals surface area contributed by atoms with Crippen LogP contribution < -0.4 is 0 Å². The molecule has 170 valence electrons. The number of nitrogens with zero attached hydrogens (tertiary/aromatic N) is 4. The monoisotopic (exact) mass is 454 g/mol. The van der Waals surface area contributed by atoms with E-state index in [1.54, 1.807) is 0 Å². The summed E-state index contributed by atoms with van der Waals surface area (Å²) in [6.07, 6.45) is -2.21. The third-order valence-electron chi connectivity index (χ3n) is 5.30. The highest BCUT2D eigenvalue weighted by Gasteiger charge is 2.43. The Morgan fingerprint density at radius 1 is 1.19 bits per heavy atom. The van der Waals surface area contributed by atoms with Crippen LogP contribution in [-0.2, 0) is 18.3 Å². The number of rotatable bonds is 6. The lowest BCUT2D eigenvalue weighted by Gasteiger charge is -2.39. The molecular formula is C21H19F5N4O2. The van der Waals surface area contributed by atoms with Gasteiger partial charge in [-0.3, -0.25) is 4.79 Å². The zero-order valence-corrected chi connectivity index (χ0v) is 17.0. The molecule has 3 rings (SSSR count). The first-order chi connectivity index (χ1) is 14.9. The van der Waals surface area contributed by atoms with Gasteiger partial charge in [-0.25, -0.2) is 18.4 Å². The van der Waals surface area contributed by atoms with Gasteiger partial charge in [-0.2, -0.15) is 18.3 Å². The highest BCUT2D eigenvalue weighted by atomic mass is 19.4.